The summed E-state index contributed by atoms with van der Waals surface area (Å²) in [5.41, 5.74) is 0.241. The molecule has 0 aromatic rings. The van der Waals surface area contributed by atoms with Crippen molar-refractivity contribution in [2.75, 3.05) is 7.11 Å². The van der Waals surface area contributed by atoms with Gasteiger partial charge in [-0.15, -0.1) is 0 Å². The molecule has 0 saturated heterocycles. The van der Waals surface area contributed by atoms with Gasteiger partial charge in [-0.1, -0.05) is 20.8 Å². The lowest BCUT2D eigenvalue weighted by atomic mass is 9.90. The van der Waals surface area contributed by atoms with E-state index in [1.807, 2.05) is 0 Å². The molecule has 0 spiro atoms. The molecular formula is C14H27NO2. The largest absolute Gasteiger partial charge is 0.381 e. The Morgan fingerprint density at radius 2 is 1.82 bits per heavy atom. The number of hydrogen-bond donors (Lipinski definition) is 1. The highest BCUT2D eigenvalue weighted by atomic mass is 16.5. The lowest BCUT2D eigenvalue weighted by Crippen LogP contribution is -2.39. The maximum absolute atomic E-state index is 11.8. The molecule has 0 radical (unpaired) electrons. The summed E-state index contributed by atoms with van der Waals surface area (Å²) in [6, 6.07) is 0.369. The lowest BCUT2D eigenvalue weighted by molar-refractivity contribution is -0.122. The maximum atomic E-state index is 11.8. The van der Waals surface area contributed by atoms with E-state index in [9.17, 15) is 4.79 Å². The standard InChI is InChI=1S/C14H27NO2/c1-14(2,3)10-9-13(16)15-11-5-7-12(17-4)8-6-11/h11-12H,5-10H2,1-4H3,(H,15,16). The molecule has 0 unspecified atom stereocenters. The molecule has 0 aliphatic heterocycles. The summed E-state index contributed by atoms with van der Waals surface area (Å²) in [7, 11) is 1.77. The second-order valence-corrected chi connectivity index (χ2v) is 6.34. The second kappa shape index (κ2) is 6.39. The normalized spacial score (nSPS) is 25.6. The molecule has 1 saturated carbocycles. The van der Waals surface area contributed by atoms with E-state index >= 15 is 0 Å². The highest BCUT2D eigenvalue weighted by Gasteiger charge is 2.22. The molecule has 1 aliphatic carbocycles. The van der Waals surface area contributed by atoms with Crippen LogP contribution in [0.1, 0.15) is 59.3 Å². The predicted molar refractivity (Wildman–Crippen MR) is 69.9 cm³/mol. The highest BCUT2D eigenvalue weighted by Crippen LogP contribution is 2.22. The molecule has 17 heavy (non-hydrogen) atoms. The van der Waals surface area contributed by atoms with Crippen molar-refractivity contribution in [3.63, 3.8) is 0 Å². The van der Waals surface area contributed by atoms with Crippen LogP contribution >= 0.6 is 0 Å². The van der Waals surface area contributed by atoms with Gasteiger partial charge in [0.25, 0.3) is 0 Å². The Hall–Kier alpha value is -0.570. The zero-order valence-electron chi connectivity index (χ0n) is 11.7. The Balaban J connectivity index is 2.19. The topological polar surface area (TPSA) is 38.3 Å². The molecule has 1 amide bonds. The van der Waals surface area contributed by atoms with Crippen LogP contribution < -0.4 is 5.32 Å². The van der Waals surface area contributed by atoms with Gasteiger partial charge in [-0.2, -0.15) is 0 Å². The van der Waals surface area contributed by atoms with Crippen LogP contribution in [-0.2, 0) is 9.53 Å². The van der Waals surface area contributed by atoms with E-state index in [1.165, 1.54) is 0 Å². The lowest BCUT2D eigenvalue weighted by Gasteiger charge is -2.28. The van der Waals surface area contributed by atoms with Crippen molar-refractivity contribution >= 4 is 5.91 Å². The maximum Gasteiger partial charge on any atom is 0.220 e. The number of ether oxygens (including phenoxy) is 1. The van der Waals surface area contributed by atoms with Crippen LogP contribution in [0.2, 0.25) is 0 Å². The van der Waals surface area contributed by atoms with Gasteiger partial charge >= 0.3 is 0 Å². The van der Waals surface area contributed by atoms with E-state index in [0.717, 1.165) is 32.1 Å². The van der Waals surface area contributed by atoms with E-state index in [-0.39, 0.29) is 11.3 Å². The number of rotatable bonds is 4. The van der Waals surface area contributed by atoms with Crippen molar-refractivity contribution in [1.82, 2.24) is 5.32 Å². The minimum absolute atomic E-state index is 0.209. The molecule has 3 heteroatoms. The van der Waals surface area contributed by atoms with Gasteiger partial charge in [0.2, 0.25) is 5.91 Å². The minimum Gasteiger partial charge on any atom is -0.381 e. The van der Waals surface area contributed by atoms with Crippen molar-refractivity contribution in [2.24, 2.45) is 5.41 Å². The van der Waals surface area contributed by atoms with E-state index in [2.05, 4.69) is 26.1 Å². The molecule has 0 heterocycles. The first-order valence-electron chi connectivity index (χ1n) is 6.73. The third-order valence-electron chi connectivity index (χ3n) is 3.47. The van der Waals surface area contributed by atoms with E-state index < -0.39 is 0 Å². The van der Waals surface area contributed by atoms with Crippen LogP contribution in [0.4, 0.5) is 0 Å². The Bertz CT molecular complexity index is 237. The Labute approximate surface area is 105 Å². The molecule has 100 valence electrons. The first kappa shape index (κ1) is 14.5. The van der Waals surface area contributed by atoms with Gasteiger partial charge in [0, 0.05) is 19.6 Å². The third-order valence-corrected chi connectivity index (χ3v) is 3.47. The molecule has 0 aromatic carbocycles. The molecule has 0 aromatic heterocycles. The zero-order valence-corrected chi connectivity index (χ0v) is 11.7. The fraction of sp³-hybridized carbons (Fsp3) is 0.929. The number of nitrogens with one attached hydrogen (secondary N) is 1. The molecule has 1 N–H and O–H groups in total. The Morgan fingerprint density at radius 3 is 2.29 bits per heavy atom. The molecule has 1 fully saturated rings. The van der Waals surface area contributed by atoms with E-state index in [0.29, 0.717) is 18.6 Å². The van der Waals surface area contributed by atoms with Crippen molar-refractivity contribution in [3.8, 4) is 0 Å². The van der Waals surface area contributed by atoms with Crippen LogP contribution in [-0.4, -0.2) is 25.2 Å². The monoisotopic (exact) mass is 241 g/mol. The van der Waals surface area contributed by atoms with Gasteiger partial charge in [0.1, 0.15) is 0 Å². The molecular weight excluding hydrogens is 214 g/mol. The van der Waals surface area contributed by atoms with Crippen molar-refractivity contribution in [3.05, 3.63) is 0 Å². The number of methoxy groups -OCH3 is 1. The fourth-order valence-electron chi connectivity index (χ4n) is 2.23. The smallest absolute Gasteiger partial charge is 0.220 e. The van der Waals surface area contributed by atoms with Gasteiger partial charge in [-0.25, -0.2) is 0 Å². The summed E-state index contributed by atoms with van der Waals surface area (Å²) < 4.78 is 5.32. The van der Waals surface area contributed by atoms with Crippen molar-refractivity contribution in [1.29, 1.82) is 0 Å². The summed E-state index contributed by atoms with van der Waals surface area (Å²) in [5, 5.41) is 3.14. The molecule has 3 nitrogen and oxygen atoms in total. The molecule has 0 atom stereocenters. The summed E-state index contributed by atoms with van der Waals surface area (Å²) in [6.45, 7) is 6.51. The van der Waals surface area contributed by atoms with Crippen LogP contribution in [0.25, 0.3) is 0 Å². The van der Waals surface area contributed by atoms with Gasteiger partial charge in [-0.05, 0) is 37.5 Å². The van der Waals surface area contributed by atoms with Crippen molar-refractivity contribution in [2.45, 2.75) is 71.4 Å². The molecule has 1 rings (SSSR count). The summed E-state index contributed by atoms with van der Waals surface area (Å²) in [5.74, 6) is 0.209. The SMILES string of the molecule is COC1CCC(NC(=O)CCC(C)(C)C)CC1. The second-order valence-electron chi connectivity index (χ2n) is 6.34. The number of carbonyl (C=O) groups is 1. The Kier molecular flexibility index (Phi) is 5.44. The van der Waals surface area contributed by atoms with Crippen LogP contribution in [0, 0.1) is 5.41 Å². The average Bonchev–Trinajstić information content (AvgIpc) is 2.27. The molecule has 1 aliphatic rings. The summed E-state index contributed by atoms with van der Waals surface area (Å²) in [4.78, 5) is 11.8. The quantitative estimate of drug-likeness (QED) is 0.822. The number of amides is 1. The third kappa shape index (κ3) is 6.06. The summed E-state index contributed by atoms with van der Waals surface area (Å²) in [6.07, 6.45) is 6.25. The average molecular weight is 241 g/mol. The summed E-state index contributed by atoms with van der Waals surface area (Å²) >= 11 is 0. The van der Waals surface area contributed by atoms with E-state index in [1.54, 1.807) is 7.11 Å². The van der Waals surface area contributed by atoms with Crippen LogP contribution in [0.15, 0.2) is 0 Å². The first-order valence-corrected chi connectivity index (χ1v) is 6.73. The fourth-order valence-corrected chi connectivity index (χ4v) is 2.23. The van der Waals surface area contributed by atoms with E-state index in [4.69, 9.17) is 4.74 Å². The van der Waals surface area contributed by atoms with Gasteiger partial charge in [-0.3, -0.25) is 4.79 Å². The Morgan fingerprint density at radius 1 is 1.24 bits per heavy atom. The minimum atomic E-state index is 0.209. The van der Waals surface area contributed by atoms with Gasteiger partial charge in [0.15, 0.2) is 0 Å². The highest BCUT2D eigenvalue weighted by molar-refractivity contribution is 5.76. The van der Waals surface area contributed by atoms with Crippen LogP contribution in [0.5, 0.6) is 0 Å². The number of carbonyl (C=O) groups excluding carboxylic acids is 1. The zero-order chi connectivity index (χ0) is 12.9. The molecule has 0 bridgehead atoms. The first-order chi connectivity index (χ1) is 7.90. The number of hydrogen-bond acceptors (Lipinski definition) is 2. The predicted octanol–water partition coefficient (Wildman–Crippen LogP) is 2.89. The van der Waals surface area contributed by atoms with Crippen LogP contribution in [0.3, 0.4) is 0 Å². The van der Waals surface area contributed by atoms with Gasteiger partial charge in [0.05, 0.1) is 6.10 Å². The van der Waals surface area contributed by atoms with Crippen molar-refractivity contribution < 1.29 is 9.53 Å². The van der Waals surface area contributed by atoms with Gasteiger partial charge < -0.3 is 10.1 Å².